The van der Waals surface area contributed by atoms with E-state index in [1.165, 1.54) is 96.3 Å². The molecule has 0 bridgehead atoms. The number of esters is 3. The SMILES string of the molecule is CC/C=C\C/C=C\C/C=C\C/C=C\C/C=C\C/C=C\C/C=C\C/C=C\C/C=C\C/C=C\CCCCCCC(=O)OCC(COC(=O)CCCCCCC/C=C\C/C=C\CCC)OC(=O)CCCCCCCCCCCCCCCCCCC. The zero-order valence-corrected chi connectivity index (χ0v) is 53.9. The monoisotopic (exact) mass is 1150 g/mol. The number of unbranched alkanes of at least 4 members (excludes halogenated alkanes) is 26. The van der Waals surface area contributed by atoms with Crippen molar-refractivity contribution in [1.29, 1.82) is 0 Å². The molecule has 6 nitrogen and oxygen atoms in total. The summed E-state index contributed by atoms with van der Waals surface area (Å²) in [4.78, 5) is 38.3. The van der Waals surface area contributed by atoms with Gasteiger partial charge in [-0.1, -0.05) is 308 Å². The average Bonchev–Trinajstić information content (AvgIpc) is 3.49. The van der Waals surface area contributed by atoms with E-state index in [2.05, 4.69) is 167 Å². The summed E-state index contributed by atoms with van der Waals surface area (Å²) in [6.07, 6.45) is 100. The Kier molecular flexibility index (Phi) is 65.8. The number of hydrogen-bond donors (Lipinski definition) is 0. The predicted molar refractivity (Wildman–Crippen MR) is 362 cm³/mol. The van der Waals surface area contributed by atoms with E-state index in [0.717, 1.165) is 167 Å². The van der Waals surface area contributed by atoms with Crippen molar-refractivity contribution in [3.63, 3.8) is 0 Å². The average molecular weight is 1150 g/mol. The standard InChI is InChI=1S/C77H126O6/c1-4-7-10-13-16-19-22-25-27-29-30-31-32-33-34-35-36-37-38-39-40-41-42-43-44-45-46-48-49-52-55-58-61-64-67-70-76(79)82-73-74(72-81-75(78)69-66-63-60-57-54-51-24-21-18-15-12-9-6-3)83-77(80)71-68-65-62-59-56-53-50-47-28-26-23-20-17-14-11-8-5-2/h7,10,12,15-16,19,21,24-25,27,30-31,33-34,36-37,39-40,42-43,45-46,49,52,74H,4-6,8-9,11,13-14,17-18,20,22-23,26,28-29,32,35,38,41,44,47-48,50-51,53-73H2,1-3H3/b10-7-,15-12-,19-16-,24-21-,27-25-,31-30-,34-33-,37-36-,40-39-,43-42-,46-45-,52-49-. The summed E-state index contributed by atoms with van der Waals surface area (Å²) < 4.78 is 16.9. The minimum Gasteiger partial charge on any atom is -0.462 e. The molecule has 0 aliphatic carbocycles. The van der Waals surface area contributed by atoms with Crippen LogP contribution in [-0.4, -0.2) is 37.2 Å². The first kappa shape index (κ1) is 78.3. The summed E-state index contributed by atoms with van der Waals surface area (Å²) in [5.41, 5.74) is 0. The van der Waals surface area contributed by atoms with Crippen molar-refractivity contribution in [3.8, 4) is 0 Å². The van der Waals surface area contributed by atoms with Gasteiger partial charge in [-0.2, -0.15) is 0 Å². The van der Waals surface area contributed by atoms with Gasteiger partial charge < -0.3 is 14.2 Å². The van der Waals surface area contributed by atoms with Gasteiger partial charge in [0.15, 0.2) is 6.10 Å². The third-order valence-corrected chi connectivity index (χ3v) is 14.3. The van der Waals surface area contributed by atoms with Crippen LogP contribution in [0, 0.1) is 0 Å². The molecule has 0 aromatic carbocycles. The van der Waals surface area contributed by atoms with Crippen molar-refractivity contribution in [1.82, 2.24) is 0 Å². The van der Waals surface area contributed by atoms with E-state index in [-0.39, 0.29) is 31.1 Å². The van der Waals surface area contributed by atoms with Gasteiger partial charge in [-0.15, -0.1) is 0 Å². The number of allylic oxidation sites excluding steroid dienone is 24. The second kappa shape index (κ2) is 69.8. The van der Waals surface area contributed by atoms with Gasteiger partial charge in [0.05, 0.1) is 0 Å². The van der Waals surface area contributed by atoms with Crippen LogP contribution in [0.2, 0.25) is 0 Å². The van der Waals surface area contributed by atoms with Crippen LogP contribution in [-0.2, 0) is 28.6 Å². The Balaban J connectivity index is 4.33. The van der Waals surface area contributed by atoms with E-state index < -0.39 is 6.10 Å². The molecule has 0 radical (unpaired) electrons. The van der Waals surface area contributed by atoms with Crippen LogP contribution >= 0.6 is 0 Å². The Bertz CT molecular complexity index is 1800. The number of rotatable bonds is 61. The lowest BCUT2D eigenvalue weighted by Crippen LogP contribution is -2.30. The second-order valence-corrected chi connectivity index (χ2v) is 22.4. The Hall–Kier alpha value is -4.71. The molecule has 0 spiro atoms. The Morgan fingerprint density at radius 1 is 0.253 bits per heavy atom. The molecule has 6 heteroatoms. The molecule has 0 aromatic rings. The predicted octanol–water partition coefficient (Wildman–Crippen LogP) is 23.9. The third kappa shape index (κ3) is 68.0. The molecule has 0 N–H and O–H groups in total. The summed E-state index contributed by atoms with van der Waals surface area (Å²) in [6, 6.07) is 0. The van der Waals surface area contributed by atoms with Crippen LogP contribution in [0.4, 0.5) is 0 Å². The Labute approximate surface area is 512 Å². The topological polar surface area (TPSA) is 78.9 Å². The largest absolute Gasteiger partial charge is 0.462 e. The van der Waals surface area contributed by atoms with Gasteiger partial charge >= 0.3 is 17.9 Å². The van der Waals surface area contributed by atoms with E-state index in [1.54, 1.807) is 0 Å². The summed E-state index contributed by atoms with van der Waals surface area (Å²) in [5, 5.41) is 0. The van der Waals surface area contributed by atoms with Crippen LogP contribution in [0.1, 0.15) is 303 Å². The first-order valence-electron chi connectivity index (χ1n) is 34.3. The number of carbonyl (C=O) groups excluding carboxylic acids is 3. The lowest BCUT2D eigenvalue weighted by atomic mass is 10.0. The maximum atomic E-state index is 12.9. The molecular formula is C77H126O6. The normalized spacial score (nSPS) is 13.0. The van der Waals surface area contributed by atoms with Crippen molar-refractivity contribution in [2.75, 3.05) is 13.2 Å². The molecule has 0 saturated heterocycles. The lowest BCUT2D eigenvalue weighted by Gasteiger charge is -2.18. The van der Waals surface area contributed by atoms with Gasteiger partial charge in [0.1, 0.15) is 13.2 Å². The van der Waals surface area contributed by atoms with Crippen LogP contribution in [0.5, 0.6) is 0 Å². The summed E-state index contributed by atoms with van der Waals surface area (Å²) in [5.74, 6) is -0.928. The molecule has 470 valence electrons. The minimum absolute atomic E-state index is 0.0949. The quantitative estimate of drug-likeness (QED) is 0.0261. The first-order valence-corrected chi connectivity index (χ1v) is 34.3. The first-order chi connectivity index (χ1) is 41.0. The molecule has 0 aliphatic rings. The highest BCUT2D eigenvalue weighted by molar-refractivity contribution is 5.71. The summed E-state index contributed by atoms with van der Waals surface area (Å²) in [6.45, 7) is 6.45. The van der Waals surface area contributed by atoms with Crippen LogP contribution < -0.4 is 0 Å². The molecule has 0 aliphatic heterocycles. The highest BCUT2D eigenvalue weighted by Crippen LogP contribution is 2.16. The van der Waals surface area contributed by atoms with E-state index in [1.807, 2.05) is 0 Å². The molecule has 0 rings (SSSR count). The maximum absolute atomic E-state index is 12.9. The maximum Gasteiger partial charge on any atom is 0.306 e. The van der Waals surface area contributed by atoms with Gasteiger partial charge in [-0.25, -0.2) is 0 Å². The fraction of sp³-hybridized carbons (Fsp3) is 0.649. The van der Waals surface area contributed by atoms with Crippen molar-refractivity contribution in [3.05, 3.63) is 146 Å². The molecule has 0 saturated carbocycles. The van der Waals surface area contributed by atoms with E-state index in [9.17, 15) is 14.4 Å². The van der Waals surface area contributed by atoms with Gasteiger partial charge in [-0.3, -0.25) is 14.4 Å². The van der Waals surface area contributed by atoms with Crippen LogP contribution in [0.15, 0.2) is 146 Å². The molecular weight excluding hydrogens is 1020 g/mol. The Morgan fingerprint density at radius 3 is 0.783 bits per heavy atom. The van der Waals surface area contributed by atoms with E-state index in [0.29, 0.717) is 19.3 Å². The highest BCUT2D eigenvalue weighted by atomic mass is 16.6. The number of hydrogen-bond acceptors (Lipinski definition) is 6. The van der Waals surface area contributed by atoms with Crippen molar-refractivity contribution in [2.45, 2.75) is 309 Å². The van der Waals surface area contributed by atoms with Gasteiger partial charge in [-0.05, 0) is 122 Å². The smallest absolute Gasteiger partial charge is 0.306 e. The summed E-state index contributed by atoms with van der Waals surface area (Å²) in [7, 11) is 0. The minimum atomic E-state index is -0.799. The van der Waals surface area contributed by atoms with Crippen LogP contribution in [0.25, 0.3) is 0 Å². The lowest BCUT2D eigenvalue weighted by molar-refractivity contribution is -0.167. The number of ether oxygens (including phenoxy) is 3. The van der Waals surface area contributed by atoms with Crippen molar-refractivity contribution >= 4 is 17.9 Å². The van der Waals surface area contributed by atoms with Gasteiger partial charge in [0, 0.05) is 19.3 Å². The molecule has 0 fully saturated rings. The molecule has 1 atom stereocenters. The Morgan fingerprint density at radius 2 is 0.494 bits per heavy atom. The fourth-order valence-corrected chi connectivity index (χ4v) is 9.22. The van der Waals surface area contributed by atoms with E-state index in [4.69, 9.17) is 14.2 Å². The van der Waals surface area contributed by atoms with Gasteiger partial charge in [0.25, 0.3) is 0 Å². The molecule has 0 amide bonds. The molecule has 0 aromatic heterocycles. The van der Waals surface area contributed by atoms with Crippen molar-refractivity contribution < 1.29 is 28.6 Å². The van der Waals surface area contributed by atoms with E-state index >= 15 is 0 Å². The zero-order valence-electron chi connectivity index (χ0n) is 53.9. The molecule has 0 heterocycles. The number of carbonyl (C=O) groups is 3. The zero-order chi connectivity index (χ0) is 59.9. The summed E-state index contributed by atoms with van der Waals surface area (Å²) >= 11 is 0. The fourth-order valence-electron chi connectivity index (χ4n) is 9.22. The van der Waals surface area contributed by atoms with Crippen molar-refractivity contribution in [2.24, 2.45) is 0 Å². The third-order valence-electron chi connectivity index (χ3n) is 14.3. The molecule has 83 heavy (non-hydrogen) atoms. The van der Waals surface area contributed by atoms with Gasteiger partial charge in [0.2, 0.25) is 0 Å². The second-order valence-electron chi connectivity index (χ2n) is 22.4. The van der Waals surface area contributed by atoms with Crippen LogP contribution in [0.3, 0.4) is 0 Å². The highest BCUT2D eigenvalue weighted by Gasteiger charge is 2.19. The molecule has 1 unspecified atom stereocenters.